The largest absolute Gasteiger partial charge is 0.494 e. The van der Waals surface area contributed by atoms with Crippen LogP contribution < -0.4 is 10.3 Å². The van der Waals surface area contributed by atoms with Crippen molar-refractivity contribution < 1.29 is 14.3 Å². The predicted molar refractivity (Wildman–Crippen MR) is 149 cm³/mol. The van der Waals surface area contributed by atoms with Crippen molar-refractivity contribution in [1.82, 2.24) is 24.7 Å². The number of rotatable bonds is 8. The first-order valence-electron chi connectivity index (χ1n) is 11.9. The van der Waals surface area contributed by atoms with Crippen LogP contribution in [0.3, 0.4) is 0 Å². The number of ether oxygens (including phenoxy) is 2. The van der Waals surface area contributed by atoms with E-state index in [0.717, 1.165) is 33.9 Å². The Balaban J connectivity index is 1.51. The first-order valence-corrected chi connectivity index (χ1v) is 13.7. The third kappa shape index (κ3) is 4.94. The van der Waals surface area contributed by atoms with E-state index >= 15 is 0 Å². The monoisotopic (exact) mass is 547 g/mol. The second-order valence-electron chi connectivity index (χ2n) is 8.47. The van der Waals surface area contributed by atoms with Crippen LogP contribution >= 0.6 is 23.1 Å². The number of thiophene rings is 1. The highest BCUT2D eigenvalue weighted by molar-refractivity contribution is 7.98. The van der Waals surface area contributed by atoms with E-state index in [0.29, 0.717) is 49.8 Å². The molecule has 0 saturated heterocycles. The Bertz CT molecular complexity index is 1690. The van der Waals surface area contributed by atoms with Gasteiger partial charge in [0.05, 0.1) is 24.9 Å². The molecule has 5 aromatic rings. The minimum Gasteiger partial charge on any atom is -0.494 e. The van der Waals surface area contributed by atoms with Crippen LogP contribution in [0.1, 0.15) is 33.5 Å². The number of aryl methyl sites for hydroxylation is 2. The molecule has 0 radical (unpaired) electrons. The van der Waals surface area contributed by atoms with E-state index in [2.05, 4.69) is 26.2 Å². The number of nitrogens with zero attached hydrogens (tertiary/aromatic N) is 4. The van der Waals surface area contributed by atoms with Crippen molar-refractivity contribution in [2.24, 2.45) is 0 Å². The number of hydrogen-bond donors (Lipinski definition) is 1. The molecule has 0 unspecified atom stereocenters. The highest BCUT2D eigenvalue weighted by Gasteiger charge is 2.21. The molecule has 5 rings (SSSR count). The molecule has 0 aliphatic carbocycles. The van der Waals surface area contributed by atoms with Crippen LogP contribution in [0.4, 0.5) is 0 Å². The van der Waals surface area contributed by atoms with Crippen LogP contribution in [0.15, 0.2) is 58.5 Å². The lowest BCUT2D eigenvalue weighted by Gasteiger charge is -2.12. The molecule has 9 nitrogen and oxygen atoms in total. The number of carbonyl (C=O) groups excluding carboxylic acids is 1. The van der Waals surface area contributed by atoms with Gasteiger partial charge in [0.1, 0.15) is 21.3 Å². The molecular weight excluding hydrogens is 522 g/mol. The minimum absolute atomic E-state index is 0.289. The van der Waals surface area contributed by atoms with Crippen molar-refractivity contribution >= 4 is 39.3 Å². The Morgan fingerprint density at radius 3 is 2.63 bits per heavy atom. The Hall–Kier alpha value is -3.96. The van der Waals surface area contributed by atoms with E-state index < -0.39 is 5.97 Å². The SMILES string of the molecule is CCOc1ccc(-n2c(SCc3nc4sc(C(=O)OC)c(C)c4c(=O)[nH]3)nnc2-c2cccc(C)c2)cc1. The van der Waals surface area contributed by atoms with Gasteiger partial charge in [0.15, 0.2) is 11.0 Å². The lowest BCUT2D eigenvalue weighted by Crippen LogP contribution is -2.11. The number of thioether (sulfide) groups is 1. The zero-order chi connectivity index (χ0) is 26.8. The molecule has 0 fully saturated rings. The zero-order valence-electron chi connectivity index (χ0n) is 21.3. The maximum absolute atomic E-state index is 12.9. The second kappa shape index (κ2) is 10.8. The Morgan fingerprint density at radius 2 is 1.92 bits per heavy atom. The van der Waals surface area contributed by atoms with E-state index in [1.807, 2.05) is 60.9 Å². The number of methoxy groups -OCH3 is 1. The topological polar surface area (TPSA) is 112 Å². The van der Waals surface area contributed by atoms with Gasteiger partial charge < -0.3 is 14.5 Å². The summed E-state index contributed by atoms with van der Waals surface area (Å²) in [6, 6.07) is 15.9. The van der Waals surface area contributed by atoms with E-state index in [-0.39, 0.29) is 5.56 Å². The van der Waals surface area contributed by atoms with Gasteiger partial charge in [-0.1, -0.05) is 35.5 Å². The number of fused-ring (bicyclic) bond motifs is 1. The summed E-state index contributed by atoms with van der Waals surface area (Å²) in [4.78, 5) is 33.3. The summed E-state index contributed by atoms with van der Waals surface area (Å²) < 4.78 is 12.4. The third-order valence-corrected chi connectivity index (χ3v) is 7.98. The molecule has 3 aromatic heterocycles. The predicted octanol–water partition coefficient (Wildman–Crippen LogP) is 5.33. The van der Waals surface area contributed by atoms with Gasteiger partial charge in [0.25, 0.3) is 5.56 Å². The van der Waals surface area contributed by atoms with Crippen molar-refractivity contribution in [3.05, 3.63) is 80.7 Å². The summed E-state index contributed by atoms with van der Waals surface area (Å²) in [5.74, 6) is 1.83. The van der Waals surface area contributed by atoms with Crippen molar-refractivity contribution in [3.63, 3.8) is 0 Å². The Kier molecular flexibility index (Phi) is 7.30. The number of aromatic nitrogens is 5. The van der Waals surface area contributed by atoms with Crippen molar-refractivity contribution in [1.29, 1.82) is 0 Å². The molecular formula is C27H25N5O4S2. The third-order valence-electron chi connectivity index (χ3n) is 5.87. The van der Waals surface area contributed by atoms with Gasteiger partial charge in [-0.3, -0.25) is 9.36 Å². The average Bonchev–Trinajstić information content (AvgIpc) is 3.49. The number of nitrogens with one attached hydrogen (secondary N) is 1. The maximum Gasteiger partial charge on any atom is 0.348 e. The molecule has 0 aliphatic heterocycles. The summed E-state index contributed by atoms with van der Waals surface area (Å²) in [7, 11) is 1.32. The molecule has 11 heteroatoms. The minimum atomic E-state index is -0.479. The van der Waals surface area contributed by atoms with Crippen LogP contribution in [0.2, 0.25) is 0 Å². The van der Waals surface area contributed by atoms with Crippen LogP contribution in [0.25, 0.3) is 27.3 Å². The highest BCUT2D eigenvalue weighted by Crippen LogP contribution is 2.32. The summed E-state index contributed by atoms with van der Waals surface area (Å²) in [5, 5.41) is 10.0. The molecule has 38 heavy (non-hydrogen) atoms. The number of benzene rings is 2. The first-order chi connectivity index (χ1) is 18.4. The summed E-state index contributed by atoms with van der Waals surface area (Å²) >= 11 is 2.56. The van der Waals surface area contributed by atoms with Crippen molar-refractivity contribution in [3.8, 4) is 22.8 Å². The summed E-state index contributed by atoms with van der Waals surface area (Å²) in [5.41, 5.74) is 3.22. The molecule has 0 bridgehead atoms. The fourth-order valence-corrected chi connectivity index (χ4v) is 6.04. The molecule has 1 N–H and O–H groups in total. The number of aromatic amines is 1. The quantitative estimate of drug-likeness (QED) is 0.205. The standard InChI is InChI=1S/C27H25N5O4S2/c1-5-36-19-11-9-18(10-12-19)32-23(17-8-6-7-15(2)13-17)30-31-27(32)37-14-20-28-24(33)21-16(3)22(26(34)35-4)38-25(21)29-20/h6-13H,5,14H2,1-4H3,(H,28,29,33). The number of H-pyrrole nitrogens is 1. The van der Waals surface area contributed by atoms with Crippen molar-refractivity contribution in [2.45, 2.75) is 31.7 Å². The van der Waals surface area contributed by atoms with Crippen molar-refractivity contribution in [2.75, 3.05) is 13.7 Å². The van der Waals surface area contributed by atoms with E-state index in [1.54, 1.807) is 6.92 Å². The number of hydrogen-bond acceptors (Lipinski definition) is 9. The maximum atomic E-state index is 12.9. The fourth-order valence-electron chi connectivity index (χ4n) is 4.10. The highest BCUT2D eigenvalue weighted by atomic mass is 32.2. The smallest absolute Gasteiger partial charge is 0.348 e. The normalized spacial score (nSPS) is 11.2. The van der Waals surface area contributed by atoms with Gasteiger partial charge in [0, 0.05) is 11.3 Å². The Labute approximate surface area is 226 Å². The van der Waals surface area contributed by atoms with Gasteiger partial charge >= 0.3 is 5.97 Å². The summed E-state index contributed by atoms with van der Waals surface area (Å²) in [6.07, 6.45) is 0. The van der Waals surface area contributed by atoms with Gasteiger partial charge in [0.2, 0.25) is 0 Å². The number of carbonyl (C=O) groups is 1. The molecule has 2 aromatic carbocycles. The average molecular weight is 548 g/mol. The molecule has 194 valence electrons. The molecule has 3 heterocycles. The Morgan fingerprint density at radius 1 is 1.13 bits per heavy atom. The number of esters is 1. The summed E-state index contributed by atoms with van der Waals surface area (Å²) in [6.45, 7) is 6.29. The van der Waals surface area contributed by atoms with E-state index in [1.165, 1.54) is 18.9 Å². The van der Waals surface area contributed by atoms with E-state index in [4.69, 9.17) is 9.47 Å². The molecule has 0 atom stereocenters. The second-order valence-corrected chi connectivity index (χ2v) is 10.4. The lowest BCUT2D eigenvalue weighted by atomic mass is 10.1. The zero-order valence-corrected chi connectivity index (χ0v) is 22.9. The van der Waals surface area contributed by atoms with Crippen LogP contribution in [-0.2, 0) is 10.5 Å². The molecule has 0 amide bonds. The first kappa shape index (κ1) is 25.7. The molecule has 0 saturated carbocycles. The van der Waals surface area contributed by atoms with Crippen LogP contribution in [0, 0.1) is 13.8 Å². The van der Waals surface area contributed by atoms with Crippen LogP contribution in [-0.4, -0.2) is 44.4 Å². The fraction of sp³-hybridized carbons (Fsp3) is 0.222. The lowest BCUT2D eigenvalue weighted by molar-refractivity contribution is 0.0605. The van der Waals surface area contributed by atoms with Crippen LogP contribution in [0.5, 0.6) is 5.75 Å². The molecule has 0 spiro atoms. The van der Waals surface area contributed by atoms with Gasteiger partial charge in [-0.2, -0.15) is 0 Å². The van der Waals surface area contributed by atoms with E-state index in [9.17, 15) is 9.59 Å². The van der Waals surface area contributed by atoms with Gasteiger partial charge in [-0.15, -0.1) is 21.5 Å². The van der Waals surface area contributed by atoms with Gasteiger partial charge in [-0.25, -0.2) is 9.78 Å². The van der Waals surface area contributed by atoms with Gasteiger partial charge in [-0.05, 0) is 56.7 Å². The molecule has 0 aliphatic rings.